The minimum absolute atomic E-state index is 0.0261. The third-order valence-electron chi connectivity index (χ3n) is 4.79. The van der Waals surface area contributed by atoms with Gasteiger partial charge in [-0.25, -0.2) is 8.78 Å². The van der Waals surface area contributed by atoms with Gasteiger partial charge in [0.05, 0.1) is 25.9 Å². The van der Waals surface area contributed by atoms with Crippen molar-refractivity contribution < 1.29 is 36.6 Å². The summed E-state index contributed by atoms with van der Waals surface area (Å²) in [5.74, 6) is -8.26. The Morgan fingerprint density at radius 2 is 1.71 bits per heavy atom. The molecule has 0 N–H and O–H groups in total. The van der Waals surface area contributed by atoms with Crippen molar-refractivity contribution in [1.29, 1.82) is 0 Å². The number of carbonyl (C=O) groups is 1. The molecule has 0 saturated carbocycles. The molecular formula is C22H21F4NO4. The van der Waals surface area contributed by atoms with Crippen LogP contribution in [0.2, 0.25) is 0 Å². The number of morpholine rings is 1. The Kier molecular flexibility index (Phi) is 7.29. The molecule has 2 aromatic rings. The van der Waals surface area contributed by atoms with Crippen LogP contribution in [0.25, 0.3) is 6.08 Å². The standard InChI is InChI=1S/C22H21F4NO4/c1-13(28)14-5-6-16(17(12-14)29-2)31-22-20(25)18(23)15(19(24)21(22)26)4-3-7-27-8-10-30-11-9-27/h3-6,12H,7-11H2,1-2H3/b4-3+. The van der Waals surface area contributed by atoms with E-state index in [-0.39, 0.29) is 22.8 Å². The fraction of sp³-hybridized carbons (Fsp3) is 0.318. The molecule has 31 heavy (non-hydrogen) atoms. The van der Waals surface area contributed by atoms with Crippen molar-refractivity contribution in [1.82, 2.24) is 4.90 Å². The number of methoxy groups -OCH3 is 1. The highest BCUT2D eigenvalue weighted by molar-refractivity contribution is 5.94. The Labute approximate surface area is 176 Å². The van der Waals surface area contributed by atoms with Gasteiger partial charge in [0.1, 0.15) is 0 Å². The molecule has 0 aromatic heterocycles. The number of rotatable bonds is 7. The smallest absolute Gasteiger partial charge is 0.205 e. The number of hydrogen-bond acceptors (Lipinski definition) is 5. The molecule has 0 amide bonds. The number of nitrogens with zero attached hydrogens (tertiary/aromatic N) is 1. The van der Waals surface area contributed by atoms with E-state index in [0.29, 0.717) is 32.8 Å². The van der Waals surface area contributed by atoms with E-state index >= 15 is 0 Å². The normalized spacial score (nSPS) is 14.8. The molecule has 0 unspecified atom stereocenters. The molecule has 1 aliphatic heterocycles. The lowest BCUT2D eigenvalue weighted by molar-refractivity contribution is 0.0435. The maximum atomic E-state index is 14.6. The van der Waals surface area contributed by atoms with E-state index in [1.165, 1.54) is 38.3 Å². The van der Waals surface area contributed by atoms with Gasteiger partial charge in [-0.1, -0.05) is 12.2 Å². The Morgan fingerprint density at radius 3 is 2.29 bits per heavy atom. The van der Waals surface area contributed by atoms with Crippen molar-refractivity contribution in [2.75, 3.05) is 40.0 Å². The SMILES string of the molecule is COc1cc(C(C)=O)ccc1Oc1c(F)c(F)c(/C=C/CN2CCOCC2)c(F)c1F. The van der Waals surface area contributed by atoms with Gasteiger partial charge in [-0.3, -0.25) is 9.69 Å². The van der Waals surface area contributed by atoms with Crippen LogP contribution in [0.3, 0.4) is 0 Å². The molecule has 1 aliphatic rings. The molecule has 0 spiro atoms. The molecular weight excluding hydrogens is 418 g/mol. The van der Waals surface area contributed by atoms with Crippen LogP contribution in [0.1, 0.15) is 22.8 Å². The number of benzene rings is 2. The van der Waals surface area contributed by atoms with Crippen LogP contribution in [0.4, 0.5) is 17.6 Å². The van der Waals surface area contributed by atoms with Gasteiger partial charge in [0.15, 0.2) is 28.9 Å². The van der Waals surface area contributed by atoms with E-state index in [9.17, 15) is 22.4 Å². The number of halogens is 4. The van der Waals surface area contributed by atoms with Crippen molar-refractivity contribution in [3.05, 3.63) is 58.7 Å². The molecule has 0 bridgehead atoms. The summed E-state index contributed by atoms with van der Waals surface area (Å²) < 4.78 is 73.5. The summed E-state index contributed by atoms with van der Waals surface area (Å²) in [6.45, 7) is 4.06. The van der Waals surface area contributed by atoms with E-state index in [4.69, 9.17) is 14.2 Å². The zero-order valence-corrected chi connectivity index (χ0v) is 17.0. The number of ether oxygens (including phenoxy) is 3. The highest BCUT2D eigenvalue weighted by atomic mass is 19.2. The Balaban J connectivity index is 1.88. The largest absolute Gasteiger partial charge is 0.493 e. The zero-order chi connectivity index (χ0) is 22.5. The third kappa shape index (κ3) is 5.05. The minimum Gasteiger partial charge on any atom is -0.493 e. The number of hydrogen-bond donors (Lipinski definition) is 0. The molecule has 0 aliphatic carbocycles. The van der Waals surface area contributed by atoms with Gasteiger partial charge in [0.2, 0.25) is 17.4 Å². The molecule has 5 nitrogen and oxygen atoms in total. The summed E-state index contributed by atoms with van der Waals surface area (Å²) in [5, 5.41) is 0. The lowest BCUT2D eigenvalue weighted by Gasteiger charge is -2.25. The average Bonchev–Trinajstić information content (AvgIpc) is 2.78. The molecule has 2 aromatic carbocycles. The van der Waals surface area contributed by atoms with E-state index in [0.717, 1.165) is 6.08 Å². The number of carbonyl (C=O) groups excluding carboxylic acids is 1. The second-order valence-corrected chi connectivity index (χ2v) is 6.84. The predicted octanol–water partition coefficient (Wildman–Crippen LogP) is 4.59. The predicted molar refractivity (Wildman–Crippen MR) is 106 cm³/mol. The molecule has 1 saturated heterocycles. The fourth-order valence-corrected chi connectivity index (χ4v) is 3.05. The summed E-state index contributed by atoms with van der Waals surface area (Å²) in [4.78, 5) is 13.4. The monoisotopic (exact) mass is 439 g/mol. The van der Waals surface area contributed by atoms with Crippen LogP contribution in [0.5, 0.6) is 17.2 Å². The van der Waals surface area contributed by atoms with Gasteiger partial charge in [-0.15, -0.1) is 0 Å². The zero-order valence-electron chi connectivity index (χ0n) is 17.0. The number of ketones is 1. The maximum Gasteiger partial charge on any atom is 0.205 e. The van der Waals surface area contributed by atoms with Crippen molar-refractivity contribution in [2.24, 2.45) is 0 Å². The third-order valence-corrected chi connectivity index (χ3v) is 4.79. The summed E-state index contributed by atoms with van der Waals surface area (Å²) >= 11 is 0. The van der Waals surface area contributed by atoms with Crippen molar-refractivity contribution >= 4 is 11.9 Å². The molecule has 166 valence electrons. The van der Waals surface area contributed by atoms with E-state index < -0.39 is 34.6 Å². The van der Waals surface area contributed by atoms with Gasteiger partial charge in [-0.2, -0.15) is 8.78 Å². The summed E-state index contributed by atoms with van der Waals surface area (Å²) in [6.07, 6.45) is 2.42. The fourth-order valence-electron chi connectivity index (χ4n) is 3.05. The quantitative estimate of drug-likeness (QED) is 0.359. The lowest BCUT2D eigenvalue weighted by Crippen LogP contribution is -2.36. The lowest BCUT2D eigenvalue weighted by atomic mass is 10.1. The molecule has 1 fully saturated rings. The molecule has 9 heteroatoms. The van der Waals surface area contributed by atoms with Crippen LogP contribution in [-0.4, -0.2) is 50.6 Å². The minimum atomic E-state index is -1.68. The number of Topliss-reactive ketones (excluding diaryl/α,β-unsaturated/α-hetero) is 1. The van der Waals surface area contributed by atoms with Crippen molar-refractivity contribution in [3.8, 4) is 17.2 Å². The van der Waals surface area contributed by atoms with Gasteiger partial charge >= 0.3 is 0 Å². The topological polar surface area (TPSA) is 48.0 Å². The first-order valence-electron chi connectivity index (χ1n) is 9.52. The van der Waals surface area contributed by atoms with Gasteiger partial charge in [0, 0.05) is 25.2 Å². The summed E-state index contributed by atoms with van der Waals surface area (Å²) in [7, 11) is 1.25. The Morgan fingerprint density at radius 1 is 1.06 bits per heavy atom. The van der Waals surface area contributed by atoms with Crippen LogP contribution < -0.4 is 9.47 Å². The molecule has 1 heterocycles. The molecule has 3 rings (SSSR count). The first-order valence-corrected chi connectivity index (χ1v) is 9.52. The van der Waals surface area contributed by atoms with Gasteiger partial charge in [0.25, 0.3) is 0 Å². The van der Waals surface area contributed by atoms with E-state index in [2.05, 4.69) is 0 Å². The Hall–Kier alpha value is -2.91. The second-order valence-electron chi connectivity index (χ2n) is 6.84. The van der Waals surface area contributed by atoms with Crippen molar-refractivity contribution in [3.63, 3.8) is 0 Å². The molecule has 0 atom stereocenters. The highest BCUT2D eigenvalue weighted by Gasteiger charge is 2.27. The molecule has 0 radical (unpaired) electrons. The van der Waals surface area contributed by atoms with Crippen molar-refractivity contribution in [2.45, 2.75) is 6.92 Å². The van der Waals surface area contributed by atoms with Crippen LogP contribution >= 0.6 is 0 Å². The van der Waals surface area contributed by atoms with Crippen LogP contribution in [-0.2, 0) is 4.74 Å². The Bertz CT molecular complexity index is 974. The second kappa shape index (κ2) is 9.93. The maximum absolute atomic E-state index is 14.6. The van der Waals surface area contributed by atoms with Gasteiger partial charge in [-0.05, 0) is 25.1 Å². The average molecular weight is 439 g/mol. The van der Waals surface area contributed by atoms with Gasteiger partial charge < -0.3 is 14.2 Å². The highest BCUT2D eigenvalue weighted by Crippen LogP contribution is 2.38. The van der Waals surface area contributed by atoms with Crippen LogP contribution in [0.15, 0.2) is 24.3 Å². The first kappa shape index (κ1) is 22.8. The van der Waals surface area contributed by atoms with Crippen LogP contribution in [0, 0.1) is 23.3 Å². The summed E-state index contributed by atoms with van der Waals surface area (Å²) in [5.41, 5.74) is -0.572. The van der Waals surface area contributed by atoms with E-state index in [1.807, 2.05) is 4.90 Å². The summed E-state index contributed by atoms with van der Waals surface area (Å²) in [6, 6.07) is 3.86. The first-order chi connectivity index (χ1) is 14.8. The van der Waals surface area contributed by atoms with E-state index in [1.54, 1.807) is 0 Å².